The van der Waals surface area contributed by atoms with Gasteiger partial charge in [0.15, 0.2) is 0 Å². The van der Waals surface area contributed by atoms with Gasteiger partial charge in [0.2, 0.25) is 17.7 Å². The maximum Gasteiger partial charge on any atom is 0.238 e. The van der Waals surface area contributed by atoms with Gasteiger partial charge in [-0.05, 0) is 12.3 Å². The Labute approximate surface area is 156 Å². The monoisotopic (exact) mass is 370 g/mol. The summed E-state index contributed by atoms with van der Waals surface area (Å²) in [5.41, 5.74) is 1.82. The van der Waals surface area contributed by atoms with Gasteiger partial charge < -0.3 is 9.73 Å². The summed E-state index contributed by atoms with van der Waals surface area (Å²) in [6.45, 7) is 5.93. The number of rotatable bonds is 7. The number of amides is 1. The van der Waals surface area contributed by atoms with E-state index in [0.717, 1.165) is 22.7 Å². The molecule has 26 heavy (non-hydrogen) atoms. The van der Waals surface area contributed by atoms with Crippen molar-refractivity contribution in [3.8, 4) is 10.6 Å². The average Bonchev–Trinajstić information content (AvgIpc) is 3.24. The molecule has 1 aromatic carbocycles. The Morgan fingerprint density at radius 3 is 2.65 bits per heavy atom. The summed E-state index contributed by atoms with van der Waals surface area (Å²) in [5.74, 6) is 1.23. The minimum Gasteiger partial charge on any atom is -0.423 e. The molecule has 3 rings (SSSR count). The van der Waals surface area contributed by atoms with Crippen LogP contribution in [-0.4, -0.2) is 21.1 Å². The molecule has 1 atom stereocenters. The normalized spacial score (nSPS) is 12.3. The molecule has 7 heteroatoms. The standard InChI is InChI=1S/C19H22N4O2S/c1-12(2)9-16(18-23-22-13(3)25-18)21-17(24)10-15-11-26-19(20-15)14-7-5-4-6-8-14/h4-8,11-12,16H,9-10H2,1-3H3,(H,21,24). The van der Waals surface area contributed by atoms with E-state index in [9.17, 15) is 4.79 Å². The highest BCUT2D eigenvalue weighted by Crippen LogP contribution is 2.24. The van der Waals surface area contributed by atoms with Gasteiger partial charge in [0.25, 0.3) is 0 Å². The van der Waals surface area contributed by atoms with Crippen LogP contribution in [-0.2, 0) is 11.2 Å². The Morgan fingerprint density at radius 1 is 1.23 bits per heavy atom. The molecule has 0 radical (unpaired) electrons. The van der Waals surface area contributed by atoms with Crippen LogP contribution in [0.4, 0.5) is 0 Å². The van der Waals surface area contributed by atoms with E-state index in [1.165, 1.54) is 0 Å². The number of aryl methyl sites for hydroxylation is 1. The first kappa shape index (κ1) is 18.3. The second-order valence-electron chi connectivity index (χ2n) is 6.60. The first-order valence-corrected chi connectivity index (χ1v) is 9.48. The van der Waals surface area contributed by atoms with Crippen molar-refractivity contribution in [2.24, 2.45) is 5.92 Å². The van der Waals surface area contributed by atoms with Gasteiger partial charge in [-0.2, -0.15) is 0 Å². The summed E-state index contributed by atoms with van der Waals surface area (Å²) in [7, 11) is 0. The zero-order valence-electron chi connectivity index (χ0n) is 15.1. The number of hydrogen-bond acceptors (Lipinski definition) is 6. The van der Waals surface area contributed by atoms with Crippen LogP contribution in [0.25, 0.3) is 10.6 Å². The lowest BCUT2D eigenvalue weighted by atomic mass is 10.0. The molecule has 0 bridgehead atoms. The third-order valence-electron chi connectivity index (χ3n) is 3.80. The van der Waals surface area contributed by atoms with Gasteiger partial charge in [0.05, 0.1) is 12.1 Å². The number of carbonyl (C=O) groups excluding carboxylic acids is 1. The Hall–Kier alpha value is -2.54. The molecule has 0 aliphatic rings. The van der Waals surface area contributed by atoms with Crippen LogP contribution >= 0.6 is 11.3 Å². The molecule has 1 amide bonds. The van der Waals surface area contributed by atoms with E-state index in [0.29, 0.717) is 17.7 Å². The zero-order valence-corrected chi connectivity index (χ0v) is 15.9. The second-order valence-corrected chi connectivity index (χ2v) is 7.45. The summed E-state index contributed by atoms with van der Waals surface area (Å²) in [6, 6.07) is 9.67. The van der Waals surface area contributed by atoms with Crippen LogP contribution in [0.5, 0.6) is 0 Å². The second kappa shape index (κ2) is 8.23. The number of thiazole rings is 1. The van der Waals surface area contributed by atoms with Gasteiger partial charge in [0, 0.05) is 17.9 Å². The topological polar surface area (TPSA) is 80.9 Å². The van der Waals surface area contributed by atoms with Crippen molar-refractivity contribution in [2.45, 2.75) is 39.7 Å². The predicted molar refractivity (Wildman–Crippen MR) is 101 cm³/mol. The summed E-state index contributed by atoms with van der Waals surface area (Å²) < 4.78 is 5.51. The molecule has 0 fully saturated rings. The van der Waals surface area contributed by atoms with Gasteiger partial charge in [-0.25, -0.2) is 4.98 Å². The first-order valence-electron chi connectivity index (χ1n) is 8.60. The number of hydrogen-bond donors (Lipinski definition) is 1. The van der Waals surface area contributed by atoms with Crippen LogP contribution in [0.3, 0.4) is 0 Å². The van der Waals surface area contributed by atoms with Crippen LogP contribution in [0, 0.1) is 12.8 Å². The van der Waals surface area contributed by atoms with Gasteiger partial charge in [-0.3, -0.25) is 4.79 Å². The number of aromatic nitrogens is 3. The van der Waals surface area contributed by atoms with Crippen molar-refractivity contribution in [3.63, 3.8) is 0 Å². The fraction of sp³-hybridized carbons (Fsp3) is 0.368. The predicted octanol–water partition coefficient (Wildman–Crippen LogP) is 3.95. The smallest absolute Gasteiger partial charge is 0.238 e. The van der Waals surface area contributed by atoms with Crippen LogP contribution in [0.15, 0.2) is 40.1 Å². The van der Waals surface area contributed by atoms with Crippen LogP contribution < -0.4 is 5.32 Å². The summed E-state index contributed by atoms with van der Waals surface area (Å²) >= 11 is 1.54. The lowest BCUT2D eigenvalue weighted by Gasteiger charge is -2.16. The molecule has 0 saturated heterocycles. The van der Waals surface area contributed by atoms with Crippen molar-refractivity contribution in [1.29, 1.82) is 0 Å². The Balaban J connectivity index is 1.66. The van der Waals surface area contributed by atoms with Crippen molar-refractivity contribution < 1.29 is 9.21 Å². The van der Waals surface area contributed by atoms with E-state index in [1.807, 2.05) is 35.7 Å². The summed E-state index contributed by atoms with van der Waals surface area (Å²) in [5, 5.41) is 13.8. The van der Waals surface area contributed by atoms with Crippen LogP contribution in [0.2, 0.25) is 0 Å². The summed E-state index contributed by atoms with van der Waals surface area (Å²) in [4.78, 5) is 17.1. The number of benzene rings is 1. The fourth-order valence-electron chi connectivity index (χ4n) is 2.66. The first-order chi connectivity index (χ1) is 12.5. The minimum absolute atomic E-state index is 0.101. The molecular weight excluding hydrogens is 348 g/mol. The highest BCUT2D eigenvalue weighted by atomic mass is 32.1. The van der Waals surface area contributed by atoms with Crippen molar-refractivity contribution >= 4 is 17.2 Å². The highest BCUT2D eigenvalue weighted by molar-refractivity contribution is 7.13. The molecule has 6 nitrogen and oxygen atoms in total. The molecule has 0 aliphatic carbocycles. The fourth-order valence-corrected chi connectivity index (χ4v) is 3.48. The van der Waals surface area contributed by atoms with Crippen molar-refractivity contribution in [1.82, 2.24) is 20.5 Å². The van der Waals surface area contributed by atoms with E-state index in [4.69, 9.17) is 4.42 Å². The van der Waals surface area contributed by atoms with Crippen LogP contribution in [0.1, 0.15) is 43.8 Å². The Morgan fingerprint density at radius 2 is 2.00 bits per heavy atom. The lowest BCUT2D eigenvalue weighted by Crippen LogP contribution is -2.31. The van der Waals surface area contributed by atoms with E-state index in [2.05, 4.69) is 34.3 Å². The molecule has 3 aromatic rings. The molecule has 0 aliphatic heterocycles. The highest BCUT2D eigenvalue weighted by Gasteiger charge is 2.22. The SMILES string of the molecule is Cc1nnc(C(CC(C)C)NC(=O)Cc2csc(-c3ccccc3)n2)o1. The van der Waals surface area contributed by atoms with Gasteiger partial charge in [-0.15, -0.1) is 21.5 Å². The van der Waals surface area contributed by atoms with E-state index >= 15 is 0 Å². The maximum absolute atomic E-state index is 12.5. The summed E-state index contributed by atoms with van der Waals surface area (Å²) in [6.07, 6.45) is 0.963. The largest absolute Gasteiger partial charge is 0.423 e. The minimum atomic E-state index is -0.282. The van der Waals surface area contributed by atoms with E-state index < -0.39 is 0 Å². The molecule has 1 N–H and O–H groups in total. The van der Waals surface area contributed by atoms with Crippen molar-refractivity contribution in [3.05, 3.63) is 53.2 Å². The molecule has 2 heterocycles. The zero-order chi connectivity index (χ0) is 18.5. The maximum atomic E-state index is 12.5. The molecule has 2 aromatic heterocycles. The molecule has 1 unspecified atom stereocenters. The van der Waals surface area contributed by atoms with Crippen molar-refractivity contribution in [2.75, 3.05) is 0 Å². The third kappa shape index (κ3) is 4.76. The van der Waals surface area contributed by atoms with Gasteiger partial charge >= 0.3 is 0 Å². The Bertz CT molecular complexity index is 857. The van der Waals surface area contributed by atoms with E-state index in [1.54, 1.807) is 18.3 Å². The lowest BCUT2D eigenvalue weighted by molar-refractivity contribution is -0.121. The molecule has 0 spiro atoms. The van der Waals surface area contributed by atoms with Gasteiger partial charge in [0.1, 0.15) is 11.0 Å². The Kier molecular flexibility index (Phi) is 5.78. The van der Waals surface area contributed by atoms with E-state index in [-0.39, 0.29) is 18.4 Å². The van der Waals surface area contributed by atoms with Gasteiger partial charge in [-0.1, -0.05) is 44.2 Å². The average molecular weight is 370 g/mol. The molecule has 0 saturated carbocycles. The number of nitrogens with one attached hydrogen (secondary N) is 1. The third-order valence-corrected chi connectivity index (χ3v) is 4.74. The molecular formula is C19H22N4O2S. The quantitative estimate of drug-likeness (QED) is 0.681. The number of nitrogens with zero attached hydrogens (tertiary/aromatic N) is 3. The molecule has 136 valence electrons. The number of carbonyl (C=O) groups is 1.